The number of halogens is 2. The van der Waals surface area contributed by atoms with Gasteiger partial charge in [0.25, 0.3) is 0 Å². The lowest BCUT2D eigenvalue weighted by atomic mass is 10.2. The number of aromatic nitrogens is 1. The van der Waals surface area contributed by atoms with Crippen LogP contribution in [0.2, 0.25) is 0 Å². The number of alkyl halides is 1. The predicted molar refractivity (Wildman–Crippen MR) is 68.2 cm³/mol. The van der Waals surface area contributed by atoms with Crippen molar-refractivity contribution in [3.05, 3.63) is 28.5 Å². The second-order valence-corrected chi connectivity index (χ2v) is 4.73. The lowest BCUT2D eigenvalue weighted by Crippen LogP contribution is -2.14. The van der Waals surface area contributed by atoms with Crippen LogP contribution in [0.4, 0.5) is 0 Å². The van der Waals surface area contributed by atoms with Gasteiger partial charge in [-0.3, -0.25) is 4.98 Å². The Morgan fingerprint density at radius 2 is 2.13 bits per heavy atom. The first-order valence-electron chi connectivity index (χ1n) is 5.19. The topological polar surface area (TPSA) is 24.9 Å². The zero-order chi connectivity index (χ0) is 10.9. The van der Waals surface area contributed by atoms with Crippen LogP contribution in [0.1, 0.15) is 24.8 Å². The standard InChI is InChI=1S/C11H16BrClN2/c12-11-6-10(8-15-9-11)7-14-5-3-1-2-4-13/h6,8-9,14H,1-5,7H2. The number of rotatable bonds is 7. The Kier molecular flexibility index (Phi) is 6.98. The summed E-state index contributed by atoms with van der Waals surface area (Å²) in [5.74, 6) is 0.773. The molecule has 0 fully saturated rings. The molecule has 0 unspecified atom stereocenters. The van der Waals surface area contributed by atoms with E-state index < -0.39 is 0 Å². The van der Waals surface area contributed by atoms with Gasteiger partial charge in [0, 0.05) is 29.3 Å². The largest absolute Gasteiger partial charge is 0.313 e. The lowest BCUT2D eigenvalue weighted by Gasteiger charge is -2.04. The summed E-state index contributed by atoms with van der Waals surface area (Å²) in [5.41, 5.74) is 1.21. The summed E-state index contributed by atoms with van der Waals surface area (Å²) in [6, 6.07) is 2.08. The average molecular weight is 292 g/mol. The van der Waals surface area contributed by atoms with Crippen molar-refractivity contribution in [1.82, 2.24) is 10.3 Å². The lowest BCUT2D eigenvalue weighted by molar-refractivity contribution is 0.617. The molecule has 0 aliphatic carbocycles. The maximum Gasteiger partial charge on any atom is 0.0410 e. The zero-order valence-electron chi connectivity index (χ0n) is 8.68. The minimum Gasteiger partial charge on any atom is -0.313 e. The van der Waals surface area contributed by atoms with E-state index in [1.54, 1.807) is 6.20 Å². The van der Waals surface area contributed by atoms with Gasteiger partial charge >= 0.3 is 0 Å². The smallest absolute Gasteiger partial charge is 0.0410 e. The van der Waals surface area contributed by atoms with Gasteiger partial charge in [-0.1, -0.05) is 6.42 Å². The summed E-state index contributed by atoms with van der Waals surface area (Å²) in [5, 5.41) is 3.38. The maximum atomic E-state index is 5.59. The van der Waals surface area contributed by atoms with E-state index in [1.165, 1.54) is 18.4 Å². The van der Waals surface area contributed by atoms with Gasteiger partial charge in [-0.15, -0.1) is 11.6 Å². The van der Waals surface area contributed by atoms with Crippen molar-refractivity contribution < 1.29 is 0 Å². The highest BCUT2D eigenvalue weighted by Crippen LogP contribution is 2.09. The van der Waals surface area contributed by atoms with Gasteiger partial charge in [0.15, 0.2) is 0 Å². The molecular formula is C11H16BrClN2. The molecule has 0 radical (unpaired) electrons. The first kappa shape index (κ1) is 12.9. The first-order valence-corrected chi connectivity index (χ1v) is 6.52. The fraction of sp³-hybridized carbons (Fsp3) is 0.545. The van der Waals surface area contributed by atoms with Gasteiger partial charge in [-0.05, 0) is 46.9 Å². The summed E-state index contributed by atoms with van der Waals surface area (Å²) in [7, 11) is 0. The van der Waals surface area contributed by atoms with Crippen molar-refractivity contribution in [3.8, 4) is 0 Å². The van der Waals surface area contributed by atoms with E-state index in [9.17, 15) is 0 Å². The number of unbranched alkanes of at least 4 members (excludes halogenated alkanes) is 2. The summed E-state index contributed by atoms with van der Waals surface area (Å²) >= 11 is 8.99. The molecule has 0 bridgehead atoms. The number of hydrogen-bond donors (Lipinski definition) is 1. The second kappa shape index (κ2) is 8.08. The molecule has 0 aliphatic rings. The molecule has 0 spiro atoms. The third-order valence-electron chi connectivity index (χ3n) is 2.08. The molecule has 0 saturated heterocycles. The van der Waals surface area contributed by atoms with Crippen LogP contribution in [0.3, 0.4) is 0 Å². The van der Waals surface area contributed by atoms with Crippen LogP contribution in [0.5, 0.6) is 0 Å². The fourth-order valence-electron chi connectivity index (χ4n) is 1.31. The molecule has 1 heterocycles. The molecular weight excluding hydrogens is 275 g/mol. The molecule has 0 aliphatic heterocycles. The van der Waals surface area contributed by atoms with Gasteiger partial charge in [0.1, 0.15) is 0 Å². The van der Waals surface area contributed by atoms with E-state index in [4.69, 9.17) is 11.6 Å². The van der Waals surface area contributed by atoms with Gasteiger partial charge in [0.05, 0.1) is 0 Å². The monoisotopic (exact) mass is 290 g/mol. The van der Waals surface area contributed by atoms with Crippen molar-refractivity contribution >= 4 is 27.5 Å². The minimum atomic E-state index is 0.773. The Bertz CT molecular complexity index is 281. The van der Waals surface area contributed by atoms with Gasteiger partial charge in [-0.2, -0.15) is 0 Å². The van der Waals surface area contributed by atoms with Crippen LogP contribution in [0, 0.1) is 0 Å². The maximum absolute atomic E-state index is 5.59. The summed E-state index contributed by atoms with van der Waals surface area (Å²) in [6.45, 7) is 1.93. The molecule has 1 N–H and O–H groups in total. The van der Waals surface area contributed by atoms with E-state index in [2.05, 4.69) is 32.3 Å². The number of nitrogens with zero attached hydrogens (tertiary/aromatic N) is 1. The summed E-state index contributed by atoms with van der Waals surface area (Å²) in [4.78, 5) is 4.11. The predicted octanol–water partition coefficient (Wildman–Crippen LogP) is 3.34. The number of nitrogens with one attached hydrogen (secondary N) is 1. The molecule has 84 valence electrons. The van der Waals surface area contributed by atoms with E-state index in [0.717, 1.165) is 29.9 Å². The Hall–Kier alpha value is -0.120. The van der Waals surface area contributed by atoms with Crippen LogP contribution in [0.15, 0.2) is 22.9 Å². The van der Waals surface area contributed by atoms with Gasteiger partial charge in [-0.25, -0.2) is 0 Å². The van der Waals surface area contributed by atoms with Crippen molar-refractivity contribution in [2.24, 2.45) is 0 Å². The van der Waals surface area contributed by atoms with Crippen LogP contribution in [0.25, 0.3) is 0 Å². The average Bonchev–Trinajstić information content (AvgIpc) is 2.23. The molecule has 1 aromatic heterocycles. The number of pyridine rings is 1. The fourth-order valence-corrected chi connectivity index (χ4v) is 1.91. The Labute approximate surface area is 105 Å². The van der Waals surface area contributed by atoms with Crippen molar-refractivity contribution in [2.75, 3.05) is 12.4 Å². The highest BCUT2D eigenvalue weighted by molar-refractivity contribution is 9.10. The van der Waals surface area contributed by atoms with Crippen molar-refractivity contribution in [1.29, 1.82) is 0 Å². The van der Waals surface area contributed by atoms with Crippen molar-refractivity contribution in [2.45, 2.75) is 25.8 Å². The molecule has 1 aromatic rings. The minimum absolute atomic E-state index is 0.773. The normalized spacial score (nSPS) is 10.5. The highest BCUT2D eigenvalue weighted by atomic mass is 79.9. The second-order valence-electron chi connectivity index (χ2n) is 3.44. The van der Waals surface area contributed by atoms with Crippen LogP contribution in [-0.2, 0) is 6.54 Å². The van der Waals surface area contributed by atoms with E-state index in [-0.39, 0.29) is 0 Å². The Morgan fingerprint density at radius 1 is 1.27 bits per heavy atom. The molecule has 1 rings (SSSR count). The Morgan fingerprint density at radius 3 is 2.87 bits per heavy atom. The van der Waals surface area contributed by atoms with Crippen molar-refractivity contribution in [3.63, 3.8) is 0 Å². The number of hydrogen-bond acceptors (Lipinski definition) is 2. The third-order valence-corrected chi connectivity index (χ3v) is 2.78. The van der Waals surface area contributed by atoms with Gasteiger partial charge in [0.2, 0.25) is 0 Å². The van der Waals surface area contributed by atoms with E-state index >= 15 is 0 Å². The summed E-state index contributed by atoms with van der Waals surface area (Å²) in [6.07, 6.45) is 7.18. The first-order chi connectivity index (χ1) is 7.33. The highest BCUT2D eigenvalue weighted by Gasteiger charge is 1.94. The van der Waals surface area contributed by atoms with E-state index in [1.807, 2.05) is 6.20 Å². The molecule has 0 amide bonds. The molecule has 4 heteroatoms. The third kappa shape index (κ3) is 6.13. The van der Waals surface area contributed by atoms with Crippen LogP contribution >= 0.6 is 27.5 Å². The Balaban J connectivity index is 2.10. The molecule has 0 aromatic carbocycles. The summed E-state index contributed by atoms with van der Waals surface area (Å²) < 4.78 is 1.03. The van der Waals surface area contributed by atoms with Crippen LogP contribution in [-0.4, -0.2) is 17.4 Å². The van der Waals surface area contributed by atoms with E-state index in [0.29, 0.717) is 0 Å². The molecule has 0 saturated carbocycles. The molecule has 15 heavy (non-hydrogen) atoms. The SMILES string of the molecule is ClCCCCCNCc1cncc(Br)c1. The zero-order valence-corrected chi connectivity index (χ0v) is 11.0. The van der Waals surface area contributed by atoms with Gasteiger partial charge < -0.3 is 5.32 Å². The molecule has 2 nitrogen and oxygen atoms in total. The van der Waals surface area contributed by atoms with Crippen LogP contribution < -0.4 is 5.32 Å². The quantitative estimate of drug-likeness (QED) is 0.615. The molecule has 0 atom stereocenters.